The highest BCUT2D eigenvalue weighted by Crippen LogP contribution is 2.33. The number of methoxy groups -OCH3 is 1. The zero-order valence-electron chi connectivity index (χ0n) is 18.2. The quantitative estimate of drug-likeness (QED) is 0.628. The second-order valence-electron chi connectivity index (χ2n) is 8.32. The number of amides is 1. The lowest BCUT2D eigenvalue weighted by Gasteiger charge is -2.34. The second kappa shape index (κ2) is 8.62. The minimum atomic E-state index is 0.0209. The van der Waals surface area contributed by atoms with Crippen LogP contribution in [0.15, 0.2) is 24.7 Å². The summed E-state index contributed by atoms with van der Waals surface area (Å²) in [7, 11) is 1.77. The van der Waals surface area contributed by atoms with Crippen LogP contribution in [0.4, 0.5) is 11.6 Å². The highest BCUT2D eigenvalue weighted by molar-refractivity contribution is 6.01. The van der Waals surface area contributed by atoms with Crippen LogP contribution in [0.25, 0.3) is 22.8 Å². The van der Waals surface area contributed by atoms with Gasteiger partial charge in [-0.05, 0) is 50.7 Å². The summed E-state index contributed by atoms with van der Waals surface area (Å²) in [5.41, 5.74) is 3.02. The Morgan fingerprint density at radius 3 is 2.69 bits per heavy atom. The highest BCUT2D eigenvalue weighted by atomic mass is 16.5. The van der Waals surface area contributed by atoms with E-state index in [9.17, 15) is 4.79 Å². The minimum absolute atomic E-state index is 0.0209. The first-order valence-electron chi connectivity index (χ1n) is 10.9. The molecular weight excluding hydrogens is 408 g/mol. The Morgan fingerprint density at radius 2 is 1.97 bits per heavy atom. The van der Waals surface area contributed by atoms with Crippen LogP contribution in [0.1, 0.15) is 31.4 Å². The van der Waals surface area contributed by atoms with Gasteiger partial charge in [0.25, 0.3) is 0 Å². The van der Waals surface area contributed by atoms with E-state index in [0.717, 1.165) is 36.9 Å². The number of rotatable bonds is 5. The molecule has 3 aromatic rings. The lowest BCUT2D eigenvalue weighted by Crippen LogP contribution is -2.44. The zero-order chi connectivity index (χ0) is 22.1. The number of anilines is 2. The third-order valence-electron chi connectivity index (χ3n) is 6.29. The predicted octanol–water partition coefficient (Wildman–Crippen LogP) is 2.60. The van der Waals surface area contributed by atoms with Gasteiger partial charge in [-0.25, -0.2) is 19.9 Å². The van der Waals surface area contributed by atoms with E-state index in [-0.39, 0.29) is 12.5 Å². The number of aromatic nitrogens is 6. The van der Waals surface area contributed by atoms with Crippen LogP contribution in [0, 0.1) is 12.8 Å². The molecule has 0 unspecified atom stereocenters. The van der Waals surface area contributed by atoms with Crippen LogP contribution in [-0.4, -0.2) is 62.3 Å². The van der Waals surface area contributed by atoms with Crippen LogP contribution < -0.4 is 10.2 Å². The van der Waals surface area contributed by atoms with Crippen LogP contribution in [-0.2, 0) is 9.53 Å². The van der Waals surface area contributed by atoms with Crippen LogP contribution >= 0.6 is 0 Å². The molecule has 1 aliphatic carbocycles. The van der Waals surface area contributed by atoms with Gasteiger partial charge in [0, 0.05) is 24.9 Å². The predicted molar refractivity (Wildman–Crippen MR) is 119 cm³/mol. The number of aryl methyl sites for hydroxylation is 1. The molecule has 0 atom stereocenters. The molecule has 1 amide bonds. The van der Waals surface area contributed by atoms with Crippen LogP contribution in [0.3, 0.4) is 0 Å². The van der Waals surface area contributed by atoms with E-state index in [4.69, 9.17) is 9.72 Å². The Kier molecular flexibility index (Phi) is 5.52. The molecule has 2 N–H and O–H groups in total. The molecule has 10 heteroatoms. The molecule has 2 aliphatic rings. The molecule has 0 radical (unpaired) electrons. The molecule has 3 aromatic heterocycles. The fraction of sp³-hybridized carbons (Fsp3) is 0.455. The monoisotopic (exact) mass is 434 g/mol. The molecule has 1 fully saturated rings. The smallest absolute Gasteiger partial charge is 0.247 e. The Morgan fingerprint density at radius 1 is 1.12 bits per heavy atom. The standard InChI is InChI=1S/C22H26N8O2/c1-13-16(7-8-17(27-13)20-25-12-26-29-20)18-9-23-21-22(28-18)30(19(31)10-24-21)11-14-3-5-15(32-2)6-4-14/h7-9,12,14-15H,3-6,10-11H2,1-2H3,(H,23,24)(H,25,26,29)/t14-,15-. The summed E-state index contributed by atoms with van der Waals surface area (Å²) >= 11 is 0. The third kappa shape index (κ3) is 3.93. The molecule has 5 rings (SSSR count). The topological polar surface area (TPSA) is 122 Å². The maximum Gasteiger partial charge on any atom is 0.247 e. The number of hydrogen-bond acceptors (Lipinski definition) is 8. The molecule has 4 heterocycles. The average Bonchev–Trinajstić information content (AvgIpc) is 3.36. The first kappa shape index (κ1) is 20.5. The molecule has 0 spiro atoms. The van der Waals surface area contributed by atoms with E-state index >= 15 is 0 Å². The number of carbonyl (C=O) groups excluding carboxylic acids is 1. The van der Waals surface area contributed by atoms with Gasteiger partial charge in [0.1, 0.15) is 12.0 Å². The molecule has 1 aliphatic heterocycles. The van der Waals surface area contributed by atoms with E-state index in [1.807, 2.05) is 19.1 Å². The Labute approximate surface area is 185 Å². The van der Waals surface area contributed by atoms with Crippen molar-refractivity contribution in [3.63, 3.8) is 0 Å². The van der Waals surface area contributed by atoms with Gasteiger partial charge in [0.2, 0.25) is 5.91 Å². The third-order valence-corrected chi connectivity index (χ3v) is 6.29. The fourth-order valence-corrected chi connectivity index (χ4v) is 4.48. The van der Waals surface area contributed by atoms with Gasteiger partial charge in [0.15, 0.2) is 17.5 Å². The van der Waals surface area contributed by atoms with Gasteiger partial charge in [-0.2, -0.15) is 5.10 Å². The summed E-state index contributed by atoms with van der Waals surface area (Å²) in [6.45, 7) is 2.81. The molecule has 32 heavy (non-hydrogen) atoms. The lowest BCUT2D eigenvalue weighted by atomic mass is 9.87. The summed E-state index contributed by atoms with van der Waals surface area (Å²) in [5.74, 6) is 2.23. The van der Waals surface area contributed by atoms with Crippen LogP contribution in [0.2, 0.25) is 0 Å². The second-order valence-corrected chi connectivity index (χ2v) is 8.32. The average molecular weight is 435 g/mol. The minimum Gasteiger partial charge on any atom is -0.381 e. The Balaban J connectivity index is 1.42. The maximum atomic E-state index is 12.8. The molecule has 1 saturated carbocycles. The number of H-pyrrole nitrogens is 1. The molecule has 0 bridgehead atoms. The molecule has 0 saturated heterocycles. The molecule has 166 valence electrons. The number of ether oxygens (including phenoxy) is 1. The van der Waals surface area contributed by atoms with Crippen molar-refractivity contribution in [2.24, 2.45) is 5.92 Å². The number of hydrogen-bond donors (Lipinski definition) is 2. The van der Waals surface area contributed by atoms with Crippen molar-refractivity contribution in [2.45, 2.75) is 38.7 Å². The number of nitrogens with one attached hydrogen (secondary N) is 2. The maximum absolute atomic E-state index is 12.8. The number of carbonyl (C=O) groups is 1. The summed E-state index contributed by atoms with van der Waals surface area (Å²) in [6.07, 6.45) is 7.73. The first-order valence-corrected chi connectivity index (χ1v) is 10.9. The molecule has 10 nitrogen and oxygen atoms in total. The fourth-order valence-electron chi connectivity index (χ4n) is 4.48. The normalized spacial score (nSPS) is 20.7. The number of pyridine rings is 1. The van der Waals surface area contributed by atoms with Crippen molar-refractivity contribution in [1.82, 2.24) is 30.1 Å². The lowest BCUT2D eigenvalue weighted by molar-refractivity contribution is -0.117. The zero-order valence-corrected chi connectivity index (χ0v) is 18.2. The van der Waals surface area contributed by atoms with Crippen molar-refractivity contribution < 1.29 is 9.53 Å². The van der Waals surface area contributed by atoms with Gasteiger partial charge in [-0.3, -0.25) is 14.8 Å². The SMILES string of the molecule is CO[C@H]1CC[C@H](CN2C(=O)CNc3ncc(-c4ccc(-c5nc[nH]n5)nc4C)nc32)CC1. The van der Waals surface area contributed by atoms with Crippen LogP contribution in [0.5, 0.6) is 0 Å². The Hall–Kier alpha value is -3.40. The molecule has 0 aromatic carbocycles. The molecular formula is C22H26N8O2. The number of nitrogens with zero attached hydrogens (tertiary/aromatic N) is 6. The summed E-state index contributed by atoms with van der Waals surface area (Å²) in [4.78, 5) is 32.8. The van der Waals surface area contributed by atoms with Gasteiger partial charge in [0.05, 0.1) is 24.5 Å². The Bertz CT molecular complexity index is 1110. The largest absolute Gasteiger partial charge is 0.381 e. The summed E-state index contributed by atoms with van der Waals surface area (Å²) in [6, 6.07) is 3.81. The number of aromatic amines is 1. The van der Waals surface area contributed by atoms with E-state index in [1.54, 1.807) is 18.2 Å². The van der Waals surface area contributed by atoms with Crippen molar-refractivity contribution in [2.75, 3.05) is 30.4 Å². The van der Waals surface area contributed by atoms with E-state index in [0.29, 0.717) is 47.4 Å². The van der Waals surface area contributed by atoms with E-state index in [2.05, 4.69) is 30.5 Å². The summed E-state index contributed by atoms with van der Waals surface area (Å²) in [5, 5.41) is 9.88. The van der Waals surface area contributed by atoms with Crippen molar-refractivity contribution in [1.29, 1.82) is 0 Å². The van der Waals surface area contributed by atoms with Crippen molar-refractivity contribution >= 4 is 17.5 Å². The first-order chi connectivity index (χ1) is 15.6. The van der Waals surface area contributed by atoms with Gasteiger partial charge < -0.3 is 10.1 Å². The van der Waals surface area contributed by atoms with Gasteiger partial charge >= 0.3 is 0 Å². The van der Waals surface area contributed by atoms with Gasteiger partial charge in [-0.1, -0.05) is 0 Å². The van der Waals surface area contributed by atoms with Gasteiger partial charge in [-0.15, -0.1) is 0 Å². The number of fused-ring (bicyclic) bond motifs is 1. The summed E-state index contributed by atoms with van der Waals surface area (Å²) < 4.78 is 5.49. The highest BCUT2D eigenvalue weighted by Gasteiger charge is 2.31. The van der Waals surface area contributed by atoms with Crippen molar-refractivity contribution in [3.05, 3.63) is 30.4 Å². The van der Waals surface area contributed by atoms with E-state index < -0.39 is 0 Å². The van der Waals surface area contributed by atoms with Crippen molar-refractivity contribution in [3.8, 4) is 22.8 Å². The van der Waals surface area contributed by atoms with E-state index in [1.165, 1.54) is 6.33 Å².